The van der Waals surface area contributed by atoms with E-state index >= 15 is 0 Å². The lowest BCUT2D eigenvalue weighted by atomic mass is 10.1. The van der Waals surface area contributed by atoms with Crippen LogP contribution in [0.5, 0.6) is 0 Å². The van der Waals surface area contributed by atoms with Gasteiger partial charge in [-0.3, -0.25) is 4.79 Å². The van der Waals surface area contributed by atoms with E-state index in [4.69, 9.17) is 4.74 Å². The lowest BCUT2D eigenvalue weighted by Gasteiger charge is -2.09. The molecule has 3 rings (SSSR count). The number of carbonyl (C=O) groups is 2. The molecule has 1 N–H and O–H groups in total. The van der Waals surface area contributed by atoms with Crippen molar-refractivity contribution in [2.24, 2.45) is 0 Å². The maximum Gasteiger partial charge on any atom is 0.342 e. The van der Waals surface area contributed by atoms with E-state index in [1.54, 1.807) is 0 Å². The summed E-state index contributed by atoms with van der Waals surface area (Å²) in [6.45, 7) is 2.03. The van der Waals surface area contributed by atoms with Gasteiger partial charge in [-0.05, 0) is 18.4 Å². The highest BCUT2D eigenvalue weighted by Crippen LogP contribution is 2.11. The molecular formula is C18H19N5O3. The van der Waals surface area contributed by atoms with Crippen LogP contribution in [0.4, 0.5) is 0 Å². The first-order chi connectivity index (χ1) is 12.7. The summed E-state index contributed by atoms with van der Waals surface area (Å²) in [6.07, 6.45) is 4.04. The van der Waals surface area contributed by atoms with Gasteiger partial charge in [0.2, 0.25) is 0 Å². The third kappa shape index (κ3) is 4.02. The van der Waals surface area contributed by atoms with Crippen molar-refractivity contribution in [3.05, 3.63) is 59.7 Å². The first-order valence-electron chi connectivity index (χ1n) is 8.34. The van der Waals surface area contributed by atoms with Crippen molar-refractivity contribution >= 4 is 17.7 Å². The molecule has 2 heterocycles. The monoisotopic (exact) mass is 353 g/mol. The lowest BCUT2D eigenvalue weighted by molar-refractivity contribution is -0.124. The molecule has 0 atom stereocenters. The predicted octanol–water partition coefficient (Wildman–Crippen LogP) is 1.20. The van der Waals surface area contributed by atoms with Crippen LogP contribution < -0.4 is 5.32 Å². The number of rotatable bonds is 7. The Kier molecular flexibility index (Phi) is 5.52. The summed E-state index contributed by atoms with van der Waals surface area (Å²) in [7, 11) is 0. The molecule has 1 amide bonds. The predicted molar refractivity (Wildman–Crippen MR) is 93.6 cm³/mol. The summed E-state index contributed by atoms with van der Waals surface area (Å²) in [5, 5.41) is 6.79. The van der Waals surface area contributed by atoms with Crippen LogP contribution >= 0.6 is 0 Å². The van der Waals surface area contributed by atoms with Gasteiger partial charge in [0, 0.05) is 12.7 Å². The number of hydrogen-bond acceptors (Lipinski definition) is 6. The molecule has 26 heavy (non-hydrogen) atoms. The molecule has 0 saturated heterocycles. The Balaban J connectivity index is 1.53. The quantitative estimate of drug-likeness (QED) is 0.641. The Hall–Kier alpha value is -3.29. The molecule has 0 saturated carbocycles. The number of hydrogen-bond donors (Lipinski definition) is 1. The van der Waals surface area contributed by atoms with Crippen LogP contribution in [0.3, 0.4) is 0 Å². The molecule has 0 aliphatic carbocycles. The maximum atomic E-state index is 12.3. The first-order valence-corrected chi connectivity index (χ1v) is 8.34. The zero-order valence-corrected chi connectivity index (χ0v) is 14.4. The number of nitrogens with one attached hydrogen (secondary N) is 1. The number of benzene rings is 1. The Morgan fingerprint density at radius 1 is 1.19 bits per heavy atom. The molecule has 2 aromatic heterocycles. The van der Waals surface area contributed by atoms with Crippen LogP contribution in [0.1, 0.15) is 28.5 Å². The minimum Gasteiger partial charge on any atom is -0.452 e. The Morgan fingerprint density at radius 2 is 2.00 bits per heavy atom. The zero-order chi connectivity index (χ0) is 18.4. The highest BCUT2D eigenvalue weighted by molar-refractivity contribution is 5.92. The number of fused-ring (bicyclic) bond motifs is 1. The second-order valence-corrected chi connectivity index (χ2v) is 5.61. The molecule has 3 aromatic rings. The van der Waals surface area contributed by atoms with Crippen molar-refractivity contribution in [1.29, 1.82) is 0 Å². The number of aryl methyl sites for hydroxylation is 1. The molecule has 0 aliphatic heterocycles. The van der Waals surface area contributed by atoms with Crippen LogP contribution in [0.25, 0.3) is 5.78 Å². The zero-order valence-electron chi connectivity index (χ0n) is 14.4. The van der Waals surface area contributed by atoms with E-state index in [1.807, 2.05) is 37.3 Å². The Labute approximate surface area is 150 Å². The van der Waals surface area contributed by atoms with E-state index in [1.165, 1.54) is 17.0 Å². The van der Waals surface area contributed by atoms with Crippen molar-refractivity contribution in [3.8, 4) is 0 Å². The van der Waals surface area contributed by atoms with Gasteiger partial charge in [0.15, 0.2) is 6.61 Å². The normalized spacial score (nSPS) is 10.7. The van der Waals surface area contributed by atoms with E-state index in [0.29, 0.717) is 30.9 Å². The number of nitrogens with zero attached hydrogens (tertiary/aromatic N) is 4. The van der Waals surface area contributed by atoms with E-state index in [2.05, 4.69) is 20.4 Å². The first kappa shape index (κ1) is 17.5. The highest BCUT2D eigenvalue weighted by atomic mass is 16.5. The maximum absolute atomic E-state index is 12.3. The van der Waals surface area contributed by atoms with Gasteiger partial charge in [0.25, 0.3) is 11.7 Å². The van der Waals surface area contributed by atoms with Gasteiger partial charge >= 0.3 is 5.97 Å². The van der Waals surface area contributed by atoms with Crippen molar-refractivity contribution in [1.82, 2.24) is 24.9 Å². The van der Waals surface area contributed by atoms with Crippen molar-refractivity contribution in [3.63, 3.8) is 0 Å². The number of esters is 1. The van der Waals surface area contributed by atoms with Gasteiger partial charge in [0.05, 0.1) is 11.3 Å². The minimum atomic E-state index is -0.607. The fourth-order valence-corrected chi connectivity index (χ4v) is 2.59. The third-order valence-electron chi connectivity index (χ3n) is 3.87. The fourth-order valence-electron chi connectivity index (χ4n) is 2.59. The van der Waals surface area contributed by atoms with Crippen LogP contribution in [0.2, 0.25) is 0 Å². The van der Waals surface area contributed by atoms with E-state index in [0.717, 1.165) is 5.56 Å². The lowest BCUT2D eigenvalue weighted by Crippen LogP contribution is -2.30. The topological polar surface area (TPSA) is 98.5 Å². The largest absolute Gasteiger partial charge is 0.452 e. The summed E-state index contributed by atoms with van der Waals surface area (Å²) in [5.41, 5.74) is 2.05. The molecule has 134 valence electrons. The minimum absolute atomic E-state index is 0.280. The van der Waals surface area contributed by atoms with Gasteiger partial charge < -0.3 is 10.1 Å². The van der Waals surface area contributed by atoms with Crippen LogP contribution in [-0.4, -0.2) is 44.6 Å². The Bertz CT molecular complexity index is 908. The third-order valence-corrected chi connectivity index (χ3v) is 3.87. The van der Waals surface area contributed by atoms with Crippen molar-refractivity contribution in [2.45, 2.75) is 19.8 Å². The van der Waals surface area contributed by atoms with E-state index in [9.17, 15) is 9.59 Å². The smallest absolute Gasteiger partial charge is 0.342 e. The molecule has 0 radical (unpaired) electrons. The molecule has 0 fully saturated rings. The standard InChI is InChI=1S/C18H19N5O3/c1-2-15-14(10-20-18-21-12-22-23(15)18)17(25)26-11-16(24)19-9-8-13-6-4-3-5-7-13/h3-7,10,12H,2,8-9,11H2,1H3,(H,19,24). The second kappa shape index (κ2) is 8.19. The molecular weight excluding hydrogens is 334 g/mol. The molecule has 0 bridgehead atoms. The summed E-state index contributed by atoms with van der Waals surface area (Å²) >= 11 is 0. The molecule has 0 spiro atoms. The van der Waals surface area contributed by atoms with Crippen LogP contribution in [0, 0.1) is 0 Å². The van der Waals surface area contributed by atoms with Gasteiger partial charge in [-0.2, -0.15) is 10.1 Å². The van der Waals surface area contributed by atoms with Crippen LogP contribution in [0.15, 0.2) is 42.9 Å². The van der Waals surface area contributed by atoms with Crippen LogP contribution in [-0.2, 0) is 22.4 Å². The number of amides is 1. The summed E-state index contributed by atoms with van der Waals surface area (Å²) in [4.78, 5) is 32.2. The molecule has 8 nitrogen and oxygen atoms in total. The SMILES string of the molecule is CCc1c(C(=O)OCC(=O)NCCc2ccccc2)cnc2ncnn12. The summed E-state index contributed by atoms with van der Waals surface area (Å²) in [6, 6.07) is 9.82. The average Bonchev–Trinajstić information content (AvgIpc) is 3.15. The summed E-state index contributed by atoms with van der Waals surface area (Å²) < 4.78 is 6.60. The van der Waals surface area contributed by atoms with Crippen molar-refractivity contribution in [2.75, 3.05) is 13.2 Å². The molecule has 8 heteroatoms. The highest BCUT2D eigenvalue weighted by Gasteiger charge is 2.18. The van der Waals surface area contributed by atoms with Gasteiger partial charge in [0.1, 0.15) is 6.33 Å². The number of carbonyl (C=O) groups excluding carboxylic acids is 2. The molecule has 1 aromatic carbocycles. The van der Waals surface area contributed by atoms with Gasteiger partial charge in [-0.15, -0.1) is 0 Å². The van der Waals surface area contributed by atoms with E-state index < -0.39 is 5.97 Å². The fraction of sp³-hybridized carbons (Fsp3) is 0.278. The van der Waals surface area contributed by atoms with Gasteiger partial charge in [-0.25, -0.2) is 14.3 Å². The molecule has 0 aliphatic rings. The summed E-state index contributed by atoms with van der Waals surface area (Å²) in [5.74, 6) is -0.538. The molecule has 0 unspecified atom stereocenters. The number of aromatic nitrogens is 4. The Morgan fingerprint density at radius 3 is 2.77 bits per heavy atom. The van der Waals surface area contributed by atoms with Crippen molar-refractivity contribution < 1.29 is 14.3 Å². The number of ether oxygens (including phenoxy) is 1. The average molecular weight is 353 g/mol. The van der Waals surface area contributed by atoms with Gasteiger partial charge in [-0.1, -0.05) is 37.3 Å². The van der Waals surface area contributed by atoms with E-state index in [-0.39, 0.29) is 18.1 Å². The second-order valence-electron chi connectivity index (χ2n) is 5.61.